The van der Waals surface area contributed by atoms with Gasteiger partial charge in [-0.15, -0.1) is 0 Å². The monoisotopic (exact) mass is 635 g/mol. The Bertz CT molecular complexity index is 1660. The van der Waals surface area contributed by atoms with Crippen molar-refractivity contribution in [3.8, 4) is 11.1 Å². The van der Waals surface area contributed by atoms with E-state index in [0.29, 0.717) is 12.4 Å². The maximum Gasteiger partial charge on any atom is 0.143 e. The van der Waals surface area contributed by atoms with Crippen LogP contribution in [0.2, 0.25) is 0 Å². The highest BCUT2D eigenvalue weighted by molar-refractivity contribution is 5.83. The average molecular weight is 636 g/mol. The fraction of sp³-hybridized carbons (Fsp3) is 0.450. The molecular formula is C40H53N5O2. The number of ether oxygens (including phenoxy) is 1. The summed E-state index contributed by atoms with van der Waals surface area (Å²) < 4.78 is 10.3. The summed E-state index contributed by atoms with van der Waals surface area (Å²) in [6.07, 6.45) is 19.8. The zero-order chi connectivity index (χ0) is 32.8. The van der Waals surface area contributed by atoms with Gasteiger partial charge in [-0.3, -0.25) is 4.98 Å². The molecule has 0 aliphatic heterocycles. The molecule has 1 unspecified atom stereocenters. The number of rotatable bonds is 20. The molecule has 0 saturated heterocycles. The van der Waals surface area contributed by atoms with E-state index < -0.39 is 6.10 Å². The van der Waals surface area contributed by atoms with Crippen LogP contribution in [0.1, 0.15) is 98.4 Å². The molecule has 0 aliphatic carbocycles. The van der Waals surface area contributed by atoms with Crippen LogP contribution in [-0.4, -0.2) is 44.0 Å². The quantitative estimate of drug-likeness (QED) is 0.0837. The molecule has 2 aromatic carbocycles. The molecule has 3 heterocycles. The number of benzene rings is 2. The maximum atomic E-state index is 11.5. The Kier molecular flexibility index (Phi) is 13.2. The molecule has 0 radical (unpaired) electrons. The molecule has 3 N–H and O–H groups in total. The van der Waals surface area contributed by atoms with Crippen LogP contribution in [-0.2, 0) is 17.8 Å². The lowest BCUT2D eigenvalue weighted by atomic mass is 10.0. The molecule has 5 aromatic rings. The SMILES string of the molecule is Cc1ccc(C)c(Cn2c(C(O)c3ccncc3)nc3ccc(-c4ccn(CCOCCCCCCCCCCCCN)c4)cc32)c1. The van der Waals surface area contributed by atoms with Crippen molar-refractivity contribution in [2.75, 3.05) is 19.8 Å². The molecule has 7 heteroatoms. The van der Waals surface area contributed by atoms with Gasteiger partial charge in [-0.05, 0) is 91.4 Å². The number of aryl methyl sites for hydroxylation is 2. The van der Waals surface area contributed by atoms with Crippen LogP contribution in [0.25, 0.3) is 22.2 Å². The maximum absolute atomic E-state index is 11.5. The van der Waals surface area contributed by atoms with E-state index in [9.17, 15) is 5.11 Å². The average Bonchev–Trinajstić information content (AvgIpc) is 3.71. The standard InChI is InChI=1S/C40H53N5O2/c1-31-13-14-32(2)36(27-31)30-45-38-28-34(15-16-37(38)43-40(45)39(46)33-17-21-42-22-18-33)35-19-23-44(29-35)24-26-47-25-12-10-8-6-4-3-5-7-9-11-20-41/h13-19,21-23,27-29,39,46H,3-12,20,24-26,30,41H2,1-2H3. The van der Waals surface area contributed by atoms with Crippen molar-refractivity contribution in [3.05, 3.63) is 107 Å². The predicted octanol–water partition coefficient (Wildman–Crippen LogP) is 8.52. The third kappa shape index (κ3) is 9.86. The fourth-order valence-electron chi connectivity index (χ4n) is 6.32. The lowest BCUT2D eigenvalue weighted by Gasteiger charge is -2.16. The van der Waals surface area contributed by atoms with Crippen molar-refractivity contribution in [2.24, 2.45) is 5.73 Å². The van der Waals surface area contributed by atoms with Crippen molar-refractivity contribution >= 4 is 11.0 Å². The molecule has 0 saturated carbocycles. The summed E-state index contributed by atoms with van der Waals surface area (Å²) in [6, 6.07) is 18.8. The van der Waals surface area contributed by atoms with Crippen LogP contribution in [0.15, 0.2) is 79.4 Å². The van der Waals surface area contributed by atoms with Crippen LogP contribution in [0.5, 0.6) is 0 Å². The zero-order valence-electron chi connectivity index (χ0n) is 28.4. The van der Waals surface area contributed by atoms with Gasteiger partial charge >= 0.3 is 0 Å². The molecule has 47 heavy (non-hydrogen) atoms. The van der Waals surface area contributed by atoms with Crippen LogP contribution >= 0.6 is 0 Å². The predicted molar refractivity (Wildman–Crippen MR) is 193 cm³/mol. The van der Waals surface area contributed by atoms with Gasteiger partial charge in [-0.1, -0.05) is 81.2 Å². The number of fused-ring (bicyclic) bond motifs is 1. The van der Waals surface area contributed by atoms with Gasteiger partial charge in [0.25, 0.3) is 0 Å². The van der Waals surface area contributed by atoms with Crippen molar-refractivity contribution < 1.29 is 9.84 Å². The molecule has 0 amide bonds. The number of hydrogen-bond donors (Lipinski definition) is 2. The van der Waals surface area contributed by atoms with Gasteiger partial charge in [0, 0.05) is 44.5 Å². The van der Waals surface area contributed by atoms with Crippen molar-refractivity contribution in [2.45, 2.75) is 97.2 Å². The zero-order valence-corrected chi connectivity index (χ0v) is 28.4. The summed E-state index contributed by atoms with van der Waals surface area (Å²) in [5, 5.41) is 11.5. The largest absolute Gasteiger partial charge is 0.380 e. The minimum atomic E-state index is -0.860. The number of imidazole rings is 1. The lowest BCUT2D eigenvalue weighted by molar-refractivity contribution is 0.122. The van der Waals surface area contributed by atoms with E-state index in [1.165, 1.54) is 74.5 Å². The summed E-state index contributed by atoms with van der Waals surface area (Å²) in [6.45, 7) is 8.09. The molecular weight excluding hydrogens is 582 g/mol. The van der Waals surface area contributed by atoms with Crippen molar-refractivity contribution in [1.29, 1.82) is 0 Å². The highest BCUT2D eigenvalue weighted by atomic mass is 16.5. The van der Waals surface area contributed by atoms with Crippen LogP contribution < -0.4 is 5.73 Å². The number of aliphatic hydroxyl groups is 1. The van der Waals surface area contributed by atoms with Crippen LogP contribution in [0.4, 0.5) is 0 Å². The Morgan fingerprint density at radius 2 is 1.51 bits per heavy atom. The number of aliphatic hydroxyl groups excluding tert-OH is 1. The Balaban J connectivity index is 1.18. The van der Waals surface area contributed by atoms with Gasteiger partial charge in [0.15, 0.2) is 0 Å². The lowest BCUT2D eigenvalue weighted by Crippen LogP contribution is -2.12. The minimum absolute atomic E-state index is 0.624. The molecule has 5 rings (SSSR count). The minimum Gasteiger partial charge on any atom is -0.380 e. The molecule has 250 valence electrons. The van der Waals surface area contributed by atoms with Gasteiger partial charge in [-0.25, -0.2) is 4.98 Å². The number of hydrogen-bond acceptors (Lipinski definition) is 5. The highest BCUT2D eigenvalue weighted by Crippen LogP contribution is 2.31. The normalized spacial score (nSPS) is 12.3. The number of unbranched alkanes of at least 4 members (excludes halogenated alkanes) is 9. The third-order valence-corrected chi connectivity index (χ3v) is 9.20. The van der Waals surface area contributed by atoms with Crippen molar-refractivity contribution in [1.82, 2.24) is 19.1 Å². The van der Waals surface area contributed by atoms with E-state index in [0.717, 1.165) is 60.4 Å². The molecule has 0 aliphatic rings. The summed E-state index contributed by atoms with van der Waals surface area (Å²) >= 11 is 0. The molecule has 1 atom stereocenters. The highest BCUT2D eigenvalue weighted by Gasteiger charge is 2.21. The van der Waals surface area contributed by atoms with E-state index in [2.05, 4.69) is 82.8 Å². The molecule has 3 aromatic heterocycles. The van der Waals surface area contributed by atoms with Crippen LogP contribution in [0, 0.1) is 13.8 Å². The first-order valence-corrected chi connectivity index (χ1v) is 17.6. The summed E-state index contributed by atoms with van der Waals surface area (Å²) in [7, 11) is 0. The molecule has 0 spiro atoms. The van der Waals surface area contributed by atoms with E-state index in [4.69, 9.17) is 15.5 Å². The van der Waals surface area contributed by atoms with Gasteiger partial charge in [-0.2, -0.15) is 0 Å². The number of nitrogens with zero attached hydrogens (tertiary/aromatic N) is 4. The summed E-state index contributed by atoms with van der Waals surface area (Å²) in [5.74, 6) is 0.632. The van der Waals surface area contributed by atoms with E-state index >= 15 is 0 Å². The Labute approximate surface area is 280 Å². The smallest absolute Gasteiger partial charge is 0.143 e. The summed E-state index contributed by atoms with van der Waals surface area (Å²) in [5.41, 5.74) is 14.1. The van der Waals surface area contributed by atoms with Crippen LogP contribution in [0.3, 0.4) is 0 Å². The van der Waals surface area contributed by atoms with Crippen molar-refractivity contribution in [3.63, 3.8) is 0 Å². The number of aromatic nitrogens is 4. The molecule has 0 bridgehead atoms. The van der Waals surface area contributed by atoms with Gasteiger partial charge in [0.1, 0.15) is 11.9 Å². The van der Waals surface area contributed by atoms with Gasteiger partial charge in [0.05, 0.1) is 17.6 Å². The Morgan fingerprint density at radius 3 is 2.26 bits per heavy atom. The Hall–Kier alpha value is -3.78. The second kappa shape index (κ2) is 17.9. The molecule has 7 nitrogen and oxygen atoms in total. The second-order valence-electron chi connectivity index (χ2n) is 12.9. The first kappa shape index (κ1) is 34.6. The van der Waals surface area contributed by atoms with Gasteiger partial charge in [0.2, 0.25) is 0 Å². The number of pyridine rings is 1. The summed E-state index contributed by atoms with van der Waals surface area (Å²) in [4.78, 5) is 9.07. The Morgan fingerprint density at radius 1 is 0.787 bits per heavy atom. The van der Waals surface area contributed by atoms with Gasteiger partial charge < -0.3 is 24.7 Å². The van der Waals surface area contributed by atoms with E-state index in [1.807, 2.05) is 12.1 Å². The van der Waals surface area contributed by atoms with E-state index in [-0.39, 0.29) is 0 Å². The number of nitrogens with two attached hydrogens (primary N) is 1. The molecule has 0 fully saturated rings. The topological polar surface area (TPSA) is 91.1 Å². The van der Waals surface area contributed by atoms with E-state index in [1.54, 1.807) is 12.4 Å². The fourth-order valence-corrected chi connectivity index (χ4v) is 6.32. The first-order chi connectivity index (χ1) is 23.0. The first-order valence-electron chi connectivity index (χ1n) is 17.6. The third-order valence-electron chi connectivity index (χ3n) is 9.20. The second-order valence-corrected chi connectivity index (χ2v) is 12.9.